The van der Waals surface area contributed by atoms with E-state index in [-0.39, 0.29) is 22.8 Å². The van der Waals surface area contributed by atoms with Gasteiger partial charge in [-0.1, -0.05) is 0 Å². The molecule has 0 nitrogen and oxygen atoms in total. The Labute approximate surface area is 154 Å². The van der Waals surface area contributed by atoms with Crippen molar-refractivity contribution in [1.82, 2.24) is 0 Å². The molecule has 0 N–H and O–H groups in total. The van der Waals surface area contributed by atoms with Crippen LogP contribution in [-0.2, 0) is 0 Å². The van der Waals surface area contributed by atoms with Gasteiger partial charge in [0, 0.05) is 0 Å². The van der Waals surface area contributed by atoms with Crippen molar-refractivity contribution in [1.29, 1.82) is 0 Å². The number of hydrogen-bond donors (Lipinski definition) is 0. The number of rotatable bonds is 3. The summed E-state index contributed by atoms with van der Waals surface area (Å²) in [5, 5.41) is -3.54. The Kier molecular flexibility index (Phi) is 4.79. The third kappa shape index (κ3) is 2.48. The van der Waals surface area contributed by atoms with Gasteiger partial charge in [0.1, 0.15) is 0 Å². The van der Waals surface area contributed by atoms with Crippen molar-refractivity contribution in [3.05, 3.63) is 72.8 Å². The van der Waals surface area contributed by atoms with E-state index in [0.29, 0.717) is 0 Å². The first-order chi connectivity index (χ1) is 12.1. The van der Waals surface area contributed by atoms with E-state index >= 15 is 4.39 Å². The molecule has 26 heavy (non-hydrogen) atoms. The second-order valence-corrected chi connectivity index (χ2v) is 12.3. The van der Waals surface area contributed by atoms with Gasteiger partial charge in [-0.25, -0.2) is 0 Å². The van der Waals surface area contributed by atoms with Crippen molar-refractivity contribution in [2.24, 2.45) is 0 Å². The molecule has 2 aromatic carbocycles. The summed E-state index contributed by atoms with van der Waals surface area (Å²) in [5.41, 5.74) is -3.86. The average Bonchev–Trinajstić information content (AvgIpc) is 2.65. The molecule has 0 radical (unpaired) electrons. The number of allylic oxidation sites excluding steroid dienone is 2. The van der Waals surface area contributed by atoms with Crippen LogP contribution in [0.25, 0.3) is 0 Å². The van der Waals surface area contributed by atoms with E-state index in [2.05, 4.69) is 15.1 Å². The van der Waals surface area contributed by atoms with Gasteiger partial charge in [-0.05, 0) is 0 Å². The Morgan fingerprint density at radius 2 is 1.19 bits per heavy atom. The van der Waals surface area contributed by atoms with E-state index in [9.17, 15) is 22.0 Å². The number of hydrogen-bond acceptors (Lipinski definition) is 0. The van der Waals surface area contributed by atoms with Gasteiger partial charge in [0.25, 0.3) is 0 Å². The van der Waals surface area contributed by atoms with Crippen LogP contribution in [0.2, 0.25) is 0 Å². The van der Waals surface area contributed by atoms with Crippen LogP contribution in [0.15, 0.2) is 72.8 Å². The van der Waals surface area contributed by atoms with Crippen LogP contribution < -0.4 is 10.6 Å². The molecule has 138 valence electrons. The van der Waals surface area contributed by atoms with E-state index in [1.165, 1.54) is 48.5 Å². The fraction of sp³-hybridized carbons (Fsp3) is 0.222. The third-order valence-corrected chi connectivity index (χ3v) is 12.1. The van der Waals surface area contributed by atoms with Gasteiger partial charge in [-0.3, -0.25) is 0 Å². The zero-order chi connectivity index (χ0) is 19.2. The Balaban J connectivity index is 2.37. The Hall–Kier alpha value is -1.29. The number of halogens is 6. The Morgan fingerprint density at radius 1 is 0.769 bits per heavy atom. The Morgan fingerprint density at radius 3 is 1.62 bits per heavy atom. The van der Waals surface area contributed by atoms with E-state index in [1.54, 1.807) is 12.1 Å². The normalized spacial score (nSPS) is 27.2. The van der Waals surface area contributed by atoms with E-state index in [4.69, 9.17) is 0 Å². The fourth-order valence-electron chi connectivity index (χ4n) is 2.95. The Bertz CT molecular complexity index is 824. The molecule has 1 aliphatic carbocycles. The van der Waals surface area contributed by atoms with Crippen molar-refractivity contribution in [3.8, 4) is 0 Å². The minimum absolute atomic E-state index is 0.131. The van der Waals surface area contributed by atoms with Gasteiger partial charge in [0.15, 0.2) is 0 Å². The summed E-state index contributed by atoms with van der Waals surface area (Å²) in [4.78, 5) is 0. The third-order valence-electron chi connectivity index (χ3n) is 4.39. The van der Waals surface area contributed by atoms with Crippen molar-refractivity contribution in [2.75, 3.05) is 0 Å². The summed E-state index contributed by atoms with van der Waals surface area (Å²) in [7, 11) is 0. The predicted molar refractivity (Wildman–Crippen MR) is 92.6 cm³/mol. The van der Waals surface area contributed by atoms with Crippen LogP contribution in [0, 0.1) is 0 Å². The van der Waals surface area contributed by atoms with Gasteiger partial charge in [0.2, 0.25) is 0 Å². The van der Waals surface area contributed by atoms with E-state index in [0.717, 1.165) is 0 Å². The molecule has 0 spiro atoms. The molecule has 3 rings (SSSR count). The second-order valence-electron chi connectivity index (χ2n) is 5.91. The first-order valence-electron chi connectivity index (χ1n) is 7.58. The summed E-state index contributed by atoms with van der Waals surface area (Å²) in [6, 6.07) is 14.9. The fourth-order valence-corrected chi connectivity index (χ4v) is 8.66. The number of benzene rings is 2. The molecule has 2 unspecified atom stereocenters. The molecular formula is C18H13F6PSe. The van der Waals surface area contributed by atoms with Crippen molar-refractivity contribution in [3.63, 3.8) is 0 Å². The summed E-state index contributed by atoms with van der Waals surface area (Å²) in [6.45, 7) is 0. The van der Waals surface area contributed by atoms with Gasteiger partial charge in [-0.15, -0.1) is 0 Å². The molecule has 0 saturated carbocycles. The second kappa shape index (κ2) is 6.40. The zero-order valence-electron chi connectivity index (χ0n) is 13.1. The molecule has 0 bridgehead atoms. The van der Waals surface area contributed by atoms with Crippen LogP contribution in [0.4, 0.5) is 26.3 Å². The maximum atomic E-state index is 16.0. The quantitative estimate of drug-likeness (QED) is 0.276. The van der Waals surface area contributed by atoms with Crippen LogP contribution >= 0.6 is 5.51 Å². The molecule has 0 amide bonds. The van der Waals surface area contributed by atoms with Crippen molar-refractivity contribution in [2.45, 2.75) is 23.4 Å². The number of alkyl halides is 6. The van der Waals surface area contributed by atoms with Crippen molar-refractivity contribution >= 4 is 31.2 Å². The molecule has 0 fully saturated rings. The van der Waals surface area contributed by atoms with Crippen LogP contribution in [0.1, 0.15) is 0 Å². The standard InChI is InChI=1S/C18H13F6PSe/c19-15-11-12-16(20,18(23,24)17(15,21)22)25(26,13-7-3-1-4-8-13)14-9-5-2-6-10-14/h1-12,15H. The molecule has 8 heteroatoms. The van der Waals surface area contributed by atoms with Crippen LogP contribution in [0.3, 0.4) is 0 Å². The topological polar surface area (TPSA) is 0 Å². The summed E-state index contributed by atoms with van der Waals surface area (Å²) < 4.78 is 87.0. The van der Waals surface area contributed by atoms with Crippen LogP contribution in [0.5, 0.6) is 0 Å². The first-order valence-corrected chi connectivity index (χ1v) is 11.6. The molecular weight excluding hydrogens is 440 g/mol. The molecule has 0 aromatic heterocycles. The predicted octanol–water partition coefficient (Wildman–Crippen LogP) is 4.58. The van der Waals surface area contributed by atoms with Gasteiger partial charge < -0.3 is 0 Å². The van der Waals surface area contributed by atoms with Gasteiger partial charge >= 0.3 is 154 Å². The molecule has 2 atom stereocenters. The van der Waals surface area contributed by atoms with Crippen LogP contribution in [-0.4, -0.2) is 38.5 Å². The molecule has 2 aromatic rings. The maximum absolute atomic E-state index is 16.0. The van der Waals surface area contributed by atoms with Crippen molar-refractivity contribution < 1.29 is 26.3 Å². The molecule has 1 aliphatic rings. The first kappa shape index (κ1) is 19.5. The molecule has 0 aliphatic heterocycles. The summed E-state index contributed by atoms with van der Waals surface area (Å²) in [6.07, 6.45) is -2.81. The van der Waals surface area contributed by atoms with Gasteiger partial charge in [-0.2, -0.15) is 0 Å². The SMILES string of the molecule is FC1C=CC(F)(P(=[Se])(c2ccccc2)c2ccccc2)C(F)(F)C1(F)F. The minimum atomic E-state index is -5.25. The summed E-state index contributed by atoms with van der Waals surface area (Å²) in [5.74, 6) is -10.4. The zero-order valence-corrected chi connectivity index (χ0v) is 15.7. The average molecular weight is 453 g/mol. The van der Waals surface area contributed by atoms with E-state index < -0.39 is 28.9 Å². The van der Waals surface area contributed by atoms with Gasteiger partial charge in [0.05, 0.1) is 0 Å². The summed E-state index contributed by atoms with van der Waals surface area (Å²) >= 11 is 2.49. The molecule has 0 heterocycles. The molecule has 0 saturated heterocycles. The van der Waals surface area contributed by atoms with E-state index in [1.807, 2.05) is 0 Å². The monoisotopic (exact) mass is 454 g/mol.